The van der Waals surface area contributed by atoms with Crippen molar-refractivity contribution in [1.82, 2.24) is 14.5 Å². The SMILES string of the molecule is Cc1ccc(S(=O)(=O)N(CCC(=O)N2CCNCC2)C2CCCC2)c(C)c1.O=C(O)C(F)(F)F. The molecule has 192 valence electrons. The third-order valence-electron chi connectivity index (χ3n) is 5.91. The van der Waals surface area contributed by atoms with Crippen molar-refractivity contribution in [2.45, 2.75) is 63.1 Å². The summed E-state index contributed by atoms with van der Waals surface area (Å²) in [4.78, 5) is 23.7. The average molecular weight is 508 g/mol. The van der Waals surface area contributed by atoms with Gasteiger partial charge in [0.2, 0.25) is 15.9 Å². The number of aliphatic carboxylic acids is 1. The highest BCUT2D eigenvalue weighted by molar-refractivity contribution is 7.89. The number of rotatable bonds is 6. The van der Waals surface area contributed by atoms with E-state index in [4.69, 9.17) is 9.90 Å². The number of amides is 1. The van der Waals surface area contributed by atoms with Crippen molar-refractivity contribution in [3.8, 4) is 0 Å². The number of nitrogens with one attached hydrogen (secondary N) is 1. The van der Waals surface area contributed by atoms with Gasteiger partial charge in [-0.2, -0.15) is 17.5 Å². The Morgan fingerprint density at radius 2 is 1.71 bits per heavy atom. The predicted molar refractivity (Wildman–Crippen MR) is 120 cm³/mol. The molecule has 8 nitrogen and oxygen atoms in total. The van der Waals surface area contributed by atoms with Crippen LogP contribution in [0.3, 0.4) is 0 Å². The molecule has 0 aromatic heterocycles. The van der Waals surface area contributed by atoms with Crippen LogP contribution < -0.4 is 5.32 Å². The van der Waals surface area contributed by atoms with Gasteiger partial charge < -0.3 is 15.3 Å². The van der Waals surface area contributed by atoms with E-state index in [1.54, 1.807) is 10.4 Å². The van der Waals surface area contributed by atoms with E-state index >= 15 is 0 Å². The molecule has 1 aromatic carbocycles. The first-order valence-electron chi connectivity index (χ1n) is 11.2. The van der Waals surface area contributed by atoms with Crippen molar-refractivity contribution >= 4 is 21.9 Å². The largest absolute Gasteiger partial charge is 0.490 e. The molecule has 2 fully saturated rings. The van der Waals surface area contributed by atoms with E-state index in [2.05, 4.69) is 5.32 Å². The topological polar surface area (TPSA) is 107 Å². The minimum absolute atomic E-state index is 0.00604. The first-order valence-corrected chi connectivity index (χ1v) is 12.7. The van der Waals surface area contributed by atoms with Gasteiger partial charge in [-0.3, -0.25) is 4.79 Å². The normalized spacial score (nSPS) is 17.4. The zero-order valence-corrected chi connectivity index (χ0v) is 20.2. The molecule has 34 heavy (non-hydrogen) atoms. The lowest BCUT2D eigenvalue weighted by atomic mass is 10.2. The number of hydrogen-bond donors (Lipinski definition) is 2. The highest BCUT2D eigenvalue weighted by Crippen LogP contribution is 2.30. The Morgan fingerprint density at radius 1 is 1.15 bits per heavy atom. The quantitative estimate of drug-likeness (QED) is 0.613. The van der Waals surface area contributed by atoms with Gasteiger partial charge in [0.1, 0.15) is 0 Å². The van der Waals surface area contributed by atoms with E-state index in [1.165, 1.54) is 0 Å². The number of aryl methyl sites for hydroxylation is 2. The Labute approximate surface area is 198 Å². The summed E-state index contributed by atoms with van der Waals surface area (Å²) in [5.74, 6) is -2.71. The number of carboxylic acid groups (broad SMARTS) is 1. The number of carbonyl (C=O) groups excluding carboxylic acids is 1. The molecule has 1 saturated heterocycles. The standard InChI is InChI=1S/C20H31N3O3S.C2HF3O2/c1-16-7-8-19(17(2)15-16)27(25,26)23(18-5-3-4-6-18)12-9-20(24)22-13-10-21-11-14-22;3-2(4,5)1(6)7/h7-8,15,18,21H,3-6,9-14H2,1-2H3;(H,6,7). The molecule has 0 radical (unpaired) electrons. The van der Waals surface area contributed by atoms with Crippen LogP contribution in [0, 0.1) is 13.8 Å². The Bertz CT molecular complexity index is 957. The number of alkyl halides is 3. The average Bonchev–Trinajstić information content (AvgIpc) is 3.28. The summed E-state index contributed by atoms with van der Waals surface area (Å²) in [5.41, 5.74) is 1.82. The lowest BCUT2D eigenvalue weighted by Crippen LogP contribution is -2.48. The van der Waals surface area contributed by atoms with Crippen molar-refractivity contribution in [3.05, 3.63) is 29.3 Å². The summed E-state index contributed by atoms with van der Waals surface area (Å²) in [6.07, 6.45) is -0.969. The smallest absolute Gasteiger partial charge is 0.475 e. The van der Waals surface area contributed by atoms with Crippen LogP contribution in [-0.4, -0.2) is 79.5 Å². The molecular formula is C22H32F3N3O5S. The number of halogens is 3. The summed E-state index contributed by atoms with van der Waals surface area (Å²) in [6.45, 7) is 7.09. The van der Waals surface area contributed by atoms with Crippen LogP contribution in [0.5, 0.6) is 0 Å². The molecule has 0 atom stereocenters. The number of piperazine rings is 1. The maximum Gasteiger partial charge on any atom is 0.490 e. The number of carbonyl (C=O) groups is 2. The molecule has 1 heterocycles. The lowest BCUT2D eigenvalue weighted by molar-refractivity contribution is -0.192. The van der Waals surface area contributed by atoms with Crippen molar-refractivity contribution in [1.29, 1.82) is 0 Å². The second-order valence-electron chi connectivity index (χ2n) is 8.51. The van der Waals surface area contributed by atoms with Gasteiger partial charge in [-0.1, -0.05) is 30.5 Å². The van der Waals surface area contributed by atoms with Gasteiger partial charge in [-0.15, -0.1) is 0 Å². The number of hydrogen-bond acceptors (Lipinski definition) is 5. The van der Waals surface area contributed by atoms with Gasteiger partial charge in [0.15, 0.2) is 0 Å². The van der Waals surface area contributed by atoms with Crippen LogP contribution >= 0.6 is 0 Å². The predicted octanol–water partition coefficient (Wildman–Crippen LogP) is 2.69. The Balaban J connectivity index is 0.000000509. The Morgan fingerprint density at radius 3 is 2.21 bits per heavy atom. The van der Waals surface area contributed by atoms with Gasteiger partial charge in [-0.05, 0) is 38.3 Å². The molecule has 0 unspecified atom stereocenters. The molecule has 0 spiro atoms. The van der Waals surface area contributed by atoms with Crippen LogP contribution in [0.4, 0.5) is 13.2 Å². The fourth-order valence-electron chi connectivity index (χ4n) is 4.18. The summed E-state index contributed by atoms with van der Waals surface area (Å²) in [5, 5.41) is 10.4. The fraction of sp³-hybridized carbons (Fsp3) is 0.636. The van der Waals surface area contributed by atoms with Crippen LogP contribution in [0.2, 0.25) is 0 Å². The molecule has 1 aromatic rings. The summed E-state index contributed by atoms with van der Waals surface area (Å²) in [7, 11) is -3.61. The van der Waals surface area contributed by atoms with Crippen molar-refractivity contribution in [3.63, 3.8) is 0 Å². The van der Waals surface area contributed by atoms with Gasteiger partial charge in [0.05, 0.1) is 4.90 Å². The fourth-order valence-corrected chi connectivity index (χ4v) is 6.08. The second-order valence-corrected chi connectivity index (χ2v) is 10.4. The Kier molecular flexibility index (Phi) is 9.89. The summed E-state index contributed by atoms with van der Waals surface area (Å²) >= 11 is 0. The van der Waals surface area contributed by atoms with Gasteiger partial charge in [0.25, 0.3) is 0 Å². The van der Waals surface area contributed by atoms with E-state index in [9.17, 15) is 26.4 Å². The maximum absolute atomic E-state index is 13.4. The zero-order chi connectivity index (χ0) is 25.5. The van der Waals surface area contributed by atoms with Crippen molar-refractivity contribution in [2.24, 2.45) is 0 Å². The first kappa shape index (κ1) is 28.1. The van der Waals surface area contributed by atoms with E-state index < -0.39 is 22.2 Å². The lowest BCUT2D eigenvalue weighted by Gasteiger charge is -2.31. The van der Waals surface area contributed by atoms with E-state index in [1.807, 2.05) is 30.9 Å². The van der Waals surface area contributed by atoms with E-state index in [0.717, 1.165) is 49.9 Å². The summed E-state index contributed by atoms with van der Waals surface area (Å²) in [6, 6.07) is 5.47. The van der Waals surface area contributed by atoms with Gasteiger partial charge >= 0.3 is 12.1 Å². The molecule has 12 heteroatoms. The monoisotopic (exact) mass is 507 g/mol. The minimum Gasteiger partial charge on any atom is -0.475 e. The molecule has 0 bridgehead atoms. The summed E-state index contributed by atoms with van der Waals surface area (Å²) < 4.78 is 60.2. The zero-order valence-electron chi connectivity index (χ0n) is 19.4. The molecule has 2 aliphatic rings. The van der Waals surface area contributed by atoms with Gasteiger partial charge in [-0.25, -0.2) is 13.2 Å². The molecule has 2 N–H and O–H groups in total. The highest BCUT2D eigenvalue weighted by atomic mass is 32.2. The maximum atomic E-state index is 13.4. The van der Waals surface area contributed by atoms with Crippen molar-refractivity contribution < 1.29 is 36.3 Å². The molecule has 1 aliphatic heterocycles. The Hall–Kier alpha value is -2.18. The van der Waals surface area contributed by atoms with Crippen molar-refractivity contribution in [2.75, 3.05) is 32.7 Å². The number of sulfonamides is 1. The molecule has 1 amide bonds. The number of benzene rings is 1. The van der Waals surface area contributed by atoms with Crippen LogP contribution in [0.25, 0.3) is 0 Å². The highest BCUT2D eigenvalue weighted by Gasteiger charge is 2.38. The van der Waals surface area contributed by atoms with Crippen LogP contribution in [0.1, 0.15) is 43.2 Å². The number of nitrogens with zero attached hydrogens (tertiary/aromatic N) is 2. The molecule has 1 saturated carbocycles. The molecule has 1 aliphatic carbocycles. The third-order valence-corrected chi connectivity index (χ3v) is 8.02. The van der Waals surface area contributed by atoms with Crippen LogP contribution in [-0.2, 0) is 19.6 Å². The third kappa shape index (κ3) is 7.67. The number of carboxylic acids is 1. The molecule has 3 rings (SSSR count). The minimum atomic E-state index is -5.08. The first-order chi connectivity index (χ1) is 15.8. The van der Waals surface area contributed by atoms with E-state index in [-0.39, 0.29) is 24.9 Å². The van der Waals surface area contributed by atoms with Gasteiger partial charge in [0, 0.05) is 45.2 Å². The second kappa shape index (κ2) is 12.0. The van der Waals surface area contributed by atoms with E-state index in [0.29, 0.717) is 18.0 Å². The molecular weight excluding hydrogens is 475 g/mol. The van der Waals surface area contributed by atoms with Crippen LogP contribution in [0.15, 0.2) is 23.1 Å².